The van der Waals surface area contributed by atoms with Crippen molar-refractivity contribution in [1.29, 1.82) is 0 Å². The summed E-state index contributed by atoms with van der Waals surface area (Å²) in [7, 11) is 0. The predicted octanol–water partition coefficient (Wildman–Crippen LogP) is 2.59. The third-order valence-electron chi connectivity index (χ3n) is 1.31. The molecular weight excluding hydrogens is 263 g/mol. The van der Waals surface area contributed by atoms with Crippen molar-refractivity contribution in [3.05, 3.63) is 0 Å². The predicted molar refractivity (Wildman–Crippen MR) is 28.0 cm³/mol. The Kier molecular flexibility index (Phi) is 3.43. The fourth-order valence-electron chi connectivity index (χ4n) is 0.495. The summed E-state index contributed by atoms with van der Waals surface area (Å²) in [5, 5.41) is 0. The van der Waals surface area contributed by atoms with Crippen LogP contribution in [-0.2, 0) is 9.53 Å². The molecule has 0 bridgehead atoms. The molecule has 0 aromatic carbocycles. The van der Waals surface area contributed by atoms with Crippen molar-refractivity contribution >= 4 is 6.47 Å². The number of ether oxygens (including phenoxy) is 1. The van der Waals surface area contributed by atoms with Crippen molar-refractivity contribution in [2.24, 2.45) is 0 Å². The number of alkyl halides is 9. The Morgan fingerprint density at radius 2 is 1.12 bits per heavy atom. The Bertz CT molecular complexity index is 268. The largest absolute Gasteiger partial charge is 0.473 e. The monoisotopic (exact) mass is 264 g/mol. The highest BCUT2D eigenvalue weighted by Gasteiger charge is 2.83. The molecule has 0 saturated heterocycles. The van der Waals surface area contributed by atoms with Crippen LogP contribution in [0.3, 0.4) is 0 Å². The molecule has 0 amide bonds. The molecular formula is C5HF9O2. The minimum atomic E-state index is -7.05. The van der Waals surface area contributed by atoms with Crippen LogP contribution in [0, 0.1) is 0 Å². The van der Waals surface area contributed by atoms with Gasteiger partial charge in [0.1, 0.15) is 0 Å². The van der Waals surface area contributed by atoms with Gasteiger partial charge in [-0.15, -0.1) is 0 Å². The van der Waals surface area contributed by atoms with Crippen LogP contribution in [0.1, 0.15) is 0 Å². The van der Waals surface area contributed by atoms with Gasteiger partial charge in [-0.1, -0.05) is 0 Å². The summed E-state index contributed by atoms with van der Waals surface area (Å²) in [6.07, 6.45) is -13.2. The molecule has 16 heavy (non-hydrogen) atoms. The van der Waals surface area contributed by atoms with E-state index in [1.54, 1.807) is 0 Å². The van der Waals surface area contributed by atoms with Crippen molar-refractivity contribution < 1.29 is 49.0 Å². The minimum absolute atomic E-state index is 1.37. The Morgan fingerprint density at radius 1 is 0.750 bits per heavy atom. The molecule has 96 valence electrons. The second-order valence-electron chi connectivity index (χ2n) is 2.38. The van der Waals surface area contributed by atoms with E-state index in [0.717, 1.165) is 0 Å². The molecule has 0 rings (SSSR count). The Hall–Kier alpha value is -1.16. The van der Waals surface area contributed by atoms with E-state index < -0.39 is 30.6 Å². The van der Waals surface area contributed by atoms with E-state index >= 15 is 0 Å². The average Bonchev–Trinajstić information content (AvgIpc) is 2.01. The molecule has 0 aromatic heterocycles. The number of hydrogen-bond acceptors (Lipinski definition) is 2. The first-order valence-corrected chi connectivity index (χ1v) is 3.13. The summed E-state index contributed by atoms with van der Waals surface area (Å²) >= 11 is 0. The third kappa shape index (κ3) is 2.02. The van der Waals surface area contributed by atoms with Gasteiger partial charge in [0.15, 0.2) is 0 Å². The number of hydrogen-bond donors (Lipinski definition) is 0. The van der Waals surface area contributed by atoms with Crippen molar-refractivity contribution in [3.8, 4) is 0 Å². The van der Waals surface area contributed by atoms with Gasteiger partial charge in [0.2, 0.25) is 0 Å². The van der Waals surface area contributed by atoms with Gasteiger partial charge < -0.3 is 4.74 Å². The highest BCUT2D eigenvalue weighted by molar-refractivity contribution is 5.38. The summed E-state index contributed by atoms with van der Waals surface area (Å²) in [5.74, 6) is -14.0. The summed E-state index contributed by atoms with van der Waals surface area (Å²) in [5.41, 5.74) is 0. The topological polar surface area (TPSA) is 26.3 Å². The van der Waals surface area contributed by atoms with E-state index in [2.05, 4.69) is 4.74 Å². The molecule has 2 nitrogen and oxygen atoms in total. The zero-order valence-electron chi connectivity index (χ0n) is 6.80. The first kappa shape index (κ1) is 14.8. The van der Waals surface area contributed by atoms with Crippen LogP contribution < -0.4 is 0 Å². The first-order valence-electron chi connectivity index (χ1n) is 3.13. The van der Waals surface area contributed by atoms with Crippen LogP contribution in [0.25, 0.3) is 0 Å². The molecule has 0 atom stereocenters. The molecule has 0 aromatic rings. The van der Waals surface area contributed by atoms with Gasteiger partial charge in [0.25, 0.3) is 6.47 Å². The highest BCUT2D eigenvalue weighted by atomic mass is 19.4. The van der Waals surface area contributed by atoms with Gasteiger partial charge in [-0.25, -0.2) is 0 Å². The third-order valence-corrected chi connectivity index (χ3v) is 1.31. The zero-order valence-corrected chi connectivity index (χ0v) is 6.80. The van der Waals surface area contributed by atoms with E-state index in [1.807, 2.05) is 0 Å². The fraction of sp³-hybridized carbons (Fsp3) is 0.800. The van der Waals surface area contributed by atoms with Gasteiger partial charge in [0, 0.05) is 0 Å². The van der Waals surface area contributed by atoms with Crippen LogP contribution >= 0.6 is 0 Å². The molecule has 0 radical (unpaired) electrons. The van der Waals surface area contributed by atoms with E-state index in [4.69, 9.17) is 0 Å². The molecule has 11 heteroatoms. The maximum absolute atomic E-state index is 12.2. The average molecular weight is 264 g/mol. The number of rotatable bonds is 4. The van der Waals surface area contributed by atoms with Crippen molar-refractivity contribution in [2.45, 2.75) is 24.1 Å². The lowest BCUT2D eigenvalue weighted by Gasteiger charge is -2.31. The Morgan fingerprint density at radius 3 is 1.38 bits per heavy atom. The van der Waals surface area contributed by atoms with Gasteiger partial charge >= 0.3 is 24.1 Å². The Balaban J connectivity index is 5.42. The molecule has 0 aliphatic carbocycles. The Labute approximate surface area is 81.0 Å². The lowest BCUT2D eigenvalue weighted by molar-refractivity contribution is -0.433. The zero-order chi connectivity index (χ0) is 13.4. The quantitative estimate of drug-likeness (QED) is 0.576. The van der Waals surface area contributed by atoms with Crippen molar-refractivity contribution in [3.63, 3.8) is 0 Å². The molecule has 0 aliphatic rings. The van der Waals surface area contributed by atoms with Crippen LogP contribution in [0.4, 0.5) is 39.5 Å². The normalized spacial score (nSPS) is 14.8. The van der Waals surface area contributed by atoms with Crippen LogP contribution in [0.5, 0.6) is 0 Å². The highest BCUT2D eigenvalue weighted by Crippen LogP contribution is 2.53. The summed E-state index contributed by atoms with van der Waals surface area (Å²) in [6, 6.07) is 0. The molecule has 0 spiro atoms. The SMILES string of the molecule is O=COC(F)(F)C(F)(F)C(F)(F)C(F)(F)F. The summed E-state index contributed by atoms with van der Waals surface area (Å²) in [6.45, 7) is -1.37. The molecule has 0 unspecified atom stereocenters. The number of carbonyl (C=O) groups is 1. The smallest absolute Gasteiger partial charge is 0.398 e. The van der Waals surface area contributed by atoms with Crippen LogP contribution in [-0.4, -0.2) is 30.6 Å². The van der Waals surface area contributed by atoms with Gasteiger partial charge in [-0.05, 0) is 0 Å². The first-order chi connectivity index (χ1) is 6.81. The lowest BCUT2D eigenvalue weighted by Crippen LogP contribution is -2.61. The van der Waals surface area contributed by atoms with Crippen molar-refractivity contribution in [2.75, 3.05) is 0 Å². The fourth-order valence-corrected chi connectivity index (χ4v) is 0.495. The van der Waals surface area contributed by atoms with E-state index in [9.17, 15) is 44.3 Å². The maximum atomic E-state index is 12.2. The molecule has 0 saturated carbocycles. The standard InChI is InChI=1S/C5HF9O2/c6-2(7,4(10,11)12)3(8,9)5(13,14)16-1-15/h1H. The van der Waals surface area contributed by atoms with Crippen LogP contribution in [0.2, 0.25) is 0 Å². The van der Waals surface area contributed by atoms with Gasteiger partial charge in [0.05, 0.1) is 0 Å². The number of halogens is 9. The van der Waals surface area contributed by atoms with E-state index in [0.29, 0.717) is 0 Å². The number of carbonyl (C=O) groups excluding carboxylic acids is 1. The minimum Gasteiger partial charge on any atom is -0.398 e. The molecule has 0 fully saturated rings. The molecule has 0 N–H and O–H groups in total. The second-order valence-corrected chi connectivity index (χ2v) is 2.38. The maximum Gasteiger partial charge on any atom is 0.473 e. The lowest BCUT2D eigenvalue weighted by atomic mass is 10.1. The summed E-state index contributed by atoms with van der Waals surface area (Å²) < 4.78 is 109. The second kappa shape index (κ2) is 3.70. The van der Waals surface area contributed by atoms with Crippen LogP contribution in [0.15, 0.2) is 0 Å². The van der Waals surface area contributed by atoms with E-state index in [-0.39, 0.29) is 0 Å². The summed E-state index contributed by atoms with van der Waals surface area (Å²) in [4.78, 5) is 9.28. The van der Waals surface area contributed by atoms with E-state index in [1.165, 1.54) is 0 Å². The van der Waals surface area contributed by atoms with Gasteiger partial charge in [-0.3, -0.25) is 4.79 Å². The molecule has 0 aliphatic heterocycles. The van der Waals surface area contributed by atoms with Gasteiger partial charge in [-0.2, -0.15) is 39.5 Å². The molecule has 0 heterocycles. The van der Waals surface area contributed by atoms with Crippen molar-refractivity contribution in [1.82, 2.24) is 0 Å².